The molecular formula is C19H23N5O. The molecule has 3 aromatic rings. The minimum absolute atomic E-state index is 0.0118. The summed E-state index contributed by atoms with van der Waals surface area (Å²) < 4.78 is 0. The Morgan fingerprint density at radius 1 is 1.36 bits per heavy atom. The molecule has 0 spiro atoms. The van der Waals surface area contributed by atoms with Crippen molar-refractivity contribution in [3.8, 4) is 0 Å². The van der Waals surface area contributed by atoms with Crippen molar-refractivity contribution in [3.05, 3.63) is 47.7 Å². The third-order valence-electron chi connectivity index (χ3n) is 4.94. The van der Waals surface area contributed by atoms with E-state index in [0.717, 1.165) is 47.5 Å². The molecule has 6 heteroatoms. The Morgan fingerprint density at radius 3 is 3.00 bits per heavy atom. The van der Waals surface area contributed by atoms with E-state index in [-0.39, 0.29) is 17.9 Å². The third kappa shape index (κ3) is 2.92. The van der Waals surface area contributed by atoms with Crippen LogP contribution in [0.15, 0.2) is 30.5 Å². The van der Waals surface area contributed by atoms with Gasteiger partial charge in [-0.15, -0.1) is 0 Å². The standard InChI is InChI=1S/C19H23N5O/c1-12(2)18-21-19(23-22-18)16-8-5-9-24(16)17(25)10-13-11-20-15-7-4-3-6-14(13)15/h3-4,6-7,11-12,16,20H,5,8-10H2,1-2H3,(H,21,22,23)/t16-/m0/s1. The zero-order chi connectivity index (χ0) is 17.4. The molecule has 0 unspecified atom stereocenters. The van der Waals surface area contributed by atoms with Gasteiger partial charge in [-0.05, 0) is 24.5 Å². The van der Waals surface area contributed by atoms with Crippen molar-refractivity contribution in [2.45, 2.75) is 45.1 Å². The highest BCUT2D eigenvalue weighted by Gasteiger charge is 2.32. The molecule has 130 valence electrons. The second kappa shape index (κ2) is 6.35. The first kappa shape index (κ1) is 15.9. The Balaban J connectivity index is 1.54. The lowest BCUT2D eigenvalue weighted by atomic mass is 10.1. The summed E-state index contributed by atoms with van der Waals surface area (Å²) in [6.07, 6.45) is 4.29. The van der Waals surface area contributed by atoms with Gasteiger partial charge in [0.25, 0.3) is 0 Å². The van der Waals surface area contributed by atoms with Gasteiger partial charge in [-0.25, -0.2) is 4.98 Å². The number of likely N-dealkylation sites (tertiary alicyclic amines) is 1. The fourth-order valence-corrected chi connectivity index (χ4v) is 3.59. The molecule has 0 bridgehead atoms. The fraction of sp³-hybridized carbons (Fsp3) is 0.421. The summed E-state index contributed by atoms with van der Waals surface area (Å²) in [5.74, 6) is 2.05. The number of aromatic amines is 2. The van der Waals surface area contributed by atoms with Crippen LogP contribution in [0.2, 0.25) is 0 Å². The maximum absolute atomic E-state index is 12.9. The molecule has 0 saturated carbocycles. The molecule has 2 N–H and O–H groups in total. The van der Waals surface area contributed by atoms with Crippen LogP contribution in [-0.2, 0) is 11.2 Å². The number of nitrogens with one attached hydrogen (secondary N) is 2. The lowest BCUT2D eigenvalue weighted by Gasteiger charge is -2.22. The normalized spacial score (nSPS) is 17.7. The number of H-pyrrole nitrogens is 2. The minimum Gasteiger partial charge on any atom is -0.361 e. The molecule has 25 heavy (non-hydrogen) atoms. The summed E-state index contributed by atoms with van der Waals surface area (Å²) >= 11 is 0. The SMILES string of the molecule is CC(C)c1n[nH]c([C@@H]2CCCN2C(=O)Cc2c[nH]c3ccccc23)n1. The highest BCUT2D eigenvalue weighted by atomic mass is 16.2. The van der Waals surface area contributed by atoms with Crippen LogP contribution in [0, 0.1) is 0 Å². The highest BCUT2D eigenvalue weighted by Crippen LogP contribution is 2.31. The largest absolute Gasteiger partial charge is 0.361 e. The number of nitrogens with zero attached hydrogens (tertiary/aromatic N) is 3. The van der Waals surface area contributed by atoms with Crippen LogP contribution < -0.4 is 0 Å². The van der Waals surface area contributed by atoms with E-state index in [1.54, 1.807) is 0 Å². The van der Waals surface area contributed by atoms with Crippen LogP contribution in [0.1, 0.15) is 55.9 Å². The van der Waals surface area contributed by atoms with Gasteiger partial charge < -0.3 is 9.88 Å². The van der Waals surface area contributed by atoms with Crippen molar-refractivity contribution in [1.82, 2.24) is 25.1 Å². The second-order valence-corrected chi connectivity index (χ2v) is 7.01. The molecule has 1 saturated heterocycles. The van der Waals surface area contributed by atoms with Crippen LogP contribution in [0.4, 0.5) is 0 Å². The number of hydrogen-bond acceptors (Lipinski definition) is 3. The van der Waals surface area contributed by atoms with Gasteiger partial charge in [-0.3, -0.25) is 9.89 Å². The third-order valence-corrected chi connectivity index (χ3v) is 4.94. The van der Waals surface area contributed by atoms with E-state index in [9.17, 15) is 4.79 Å². The van der Waals surface area contributed by atoms with Crippen LogP contribution in [-0.4, -0.2) is 37.5 Å². The van der Waals surface area contributed by atoms with Crippen LogP contribution in [0.25, 0.3) is 10.9 Å². The molecule has 1 aliphatic heterocycles. The molecule has 0 radical (unpaired) electrons. The van der Waals surface area contributed by atoms with Crippen molar-refractivity contribution < 1.29 is 4.79 Å². The Kier molecular flexibility index (Phi) is 4.03. The molecule has 4 rings (SSSR count). The van der Waals surface area contributed by atoms with Crippen molar-refractivity contribution in [2.24, 2.45) is 0 Å². The van der Waals surface area contributed by atoms with E-state index >= 15 is 0 Å². The molecular weight excluding hydrogens is 314 g/mol. The lowest BCUT2D eigenvalue weighted by molar-refractivity contribution is -0.131. The van der Waals surface area contributed by atoms with Gasteiger partial charge in [-0.1, -0.05) is 32.0 Å². The van der Waals surface area contributed by atoms with Crippen molar-refractivity contribution in [2.75, 3.05) is 6.54 Å². The first-order chi connectivity index (χ1) is 12.1. The fourth-order valence-electron chi connectivity index (χ4n) is 3.59. The summed E-state index contributed by atoms with van der Waals surface area (Å²) in [6.45, 7) is 4.92. The topological polar surface area (TPSA) is 77.7 Å². The van der Waals surface area contributed by atoms with E-state index in [1.165, 1.54) is 0 Å². The number of fused-ring (bicyclic) bond motifs is 1. The smallest absolute Gasteiger partial charge is 0.227 e. The predicted molar refractivity (Wildman–Crippen MR) is 96.2 cm³/mol. The molecule has 1 aliphatic rings. The summed E-state index contributed by atoms with van der Waals surface area (Å²) in [6, 6.07) is 8.10. The number of amides is 1. The van der Waals surface area contributed by atoms with Gasteiger partial charge in [0, 0.05) is 29.6 Å². The Morgan fingerprint density at radius 2 is 2.20 bits per heavy atom. The monoisotopic (exact) mass is 337 g/mol. The maximum atomic E-state index is 12.9. The Labute approximate surface area is 146 Å². The summed E-state index contributed by atoms with van der Waals surface area (Å²) in [7, 11) is 0. The zero-order valence-electron chi connectivity index (χ0n) is 14.6. The van der Waals surface area contributed by atoms with Gasteiger partial charge in [-0.2, -0.15) is 5.10 Å². The van der Waals surface area contributed by atoms with Gasteiger partial charge in [0.15, 0.2) is 5.82 Å². The highest BCUT2D eigenvalue weighted by molar-refractivity contribution is 5.89. The van der Waals surface area contributed by atoms with E-state index in [0.29, 0.717) is 6.42 Å². The molecule has 1 aromatic carbocycles. The second-order valence-electron chi connectivity index (χ2n) is 7.01. The molecule has 2 aromatic heterocycles. The first-order valence-corrected chi connectivity index (χ1v) is 8.90. The Bertz CT molecular complexity index is 894. The number of benzene rings is 1. The summed E-state index contributed by atoms with van der Waals surface area (Å²) in [5.41, 5.74) is 2.12. The van der Waals surface area contributed by atoms with E-state index in [1.807, 2.05) is 29.3 Å². The number of para-hydroxylation sites is 1. The van der Waals surface area contributed by atoms with Gasteiger partial charge in [0.05, 0.1) is 12.5 Å². The average molecular weight is 337 g/mol. The number of hydrogen-bond donors (Lipinski definition) is 2. The van der Waals surface area contributed by atoms with Crippen molar-refractivity contribution in [1.29, 1.82) is 0 Å². The quantitative estimate of drug-likeness (QED) is 0.766. The molecule has 1 fully saturated rings. The number of carbonyl (C=O) groups is 1. The number of rotatable bonds is 4. The van der Waals surface area contributed by atoms with E-state index < -0.39 is 0 Å². The molecule has 3 heterocycles. The van der Waals surface area contributed by atoms with E-state index in [4.69, 9.17) is 0 Å². The van der Waals surface area contributed by atoms with E-state index in [2.05, 4.69) is 40.1 Å². The van der Waals surface area contributed by atoms with Gasteiger partial charge >= 0.3 is 0 Å². The molecule has 0 aliphatic carbocycles. The predicted octanol–water partition coefficient (Wildman–Crippen LogP) is 3.32. The van der Waals surface area contributed by atoms with Gasteiger partial charge in [0.2, 0.25) is 5.91 Å². The molecule has 1 atom stereocenters. The molecule has 6 nitrogen and oxygen atoms in total. The summed E-state index contributed by atoms with van der Waals surface area (Å²) in [4.78, 5) is 22.7. The first-order valence-electron chi connectivity index (χ1n) is 8.90. The average Bonchev–Trinajstić information content (AvgIpc) is 3.34. The molecule has 1 amide bonds. The van der Waals surface area contributed by atoms with Crippen molar-refractivity contribution in [3.63, 3.8) is 0 Å². The summed E-state index contributed by atoms with van der Waals surface area (Å²) in [5, 5.41) is 8.45. The van der Waals surface area contributed by atoms with Crippen LogP contribution in [0.5, 0.6) is 0 Å². The van der Waals surface area contributed by atoms with Crippen LogP contribution >= 0.6 is 0 Å². The van der Waals surface area contributed by atoms with Crippen molar-refractivity contribution >= 4 is 16.8 Å². The number of carbonyl (C=O) groups excluding carboxylic acids is 1. The lowest BCUT2D eigenvalue weighted by Crippen LogP contribution is -2.32. The van der Waals surface area contributed by atoms with Gasteiger partial charge in [0.1, 0.15) is 5.82 Å². The van der Waals surface area contributed by atoms with Crippen LogP contribution in [0.3, 0.4) is 0 Å². The number of aromatic nitrogens is 4. The Hall–Kier alpha value is -2.63. The minimum atomic E-state index is 0.0118. The zero-order valence-corrected chi connectivity index (χ0v) is 14.6. The maximum Gasteiger partial charge on any atom is 0.227 e.